The highest BCUT2D eigenvalue weighted by atomic mass is 32.1. The standard InChI is InChI=1S/C12H14O2S/c1-9-4-6-10(7-5-9)12(15)14-11-3-2-8-13-11/h4-7,11H,2-3,8H2,1H3. The maximum Gasteiger partial charge on any atom is 0.200 e. The summed E-state index contributed by atoms with van der Waals surface area (Å²) >= 11 is 5.20. The molecule has 1 heterocycles. The third kappa shape index (κ3) is 2.76. The van der Waals surface area contributed by atoms with Crippen molar-refractivity contribution in [2.24, 2.45) is 0 Å². The summed E-state index contributed by atoms with van der Waals surface area (Å²) in [7, 11) is 0. The molecule has 0 aromatic heterocycles. The minimum absolute atomic E-state index is 0.140. The normalized spacial score (nSPS) is 20.2. The Morgan fingerprint density at radius 3 is 2.73 bits per heavy atom. The van der Waals surface area contributed by atoms with Crippen molar-refractivity contribution in [1.82, 2.24) is 0 Å². The van der Waals surface area contributed by atoms with Crippen molar-refractivity contribution in [3.63, 3.8) is 0 Å². The van der Waals surface area contributed by atoms with E-state index < -0.39 is 0 Å². The topological polar surface area (TPSA) is 18.5 Å². The highest BCUT2D eigenvalue weighted by molar-refractivity contribution is 7.80. The van der Waals surface area contributed by atoms with Crippen molar-refractivity contribution < 1.29 is 9.47 Å². The molecule has 1 atom stereocenters. The highest BCUT2D eigenvalue weighted by Crippen LogP contribution is 2.16. The van der Waals surface area contributed by atoms with Crippen LogP contribution < -0.4 is 0 Å². The van der Waals surface area contributed by atoms with E-state index in [-0.39, 0.29) is 6.29 Å². The van der Waals surface area contributed by atoms with E-state index in [1.165, 1.54) is 5.56 Å². The maximum absolute atomic E-state index is 5.55. The molecule has 1 saturated heterocycles. The lowest BCUT2D eigenvalue weighted by Crippen LogP contribution is -2.15. The summed E-state index contributed by atoms with van der Waals surface area (Å²) in [5.74, 6) is 0. The zero-order valence-corrected chi connectivity index (χ0v) is 9.55. The van der Waals surface area contributed by atoms with E-state index in [1.54, 1.807) is 0 Å². The van der Waals surface area contributed by atoms with Gasteiger partial charge in [0.25, 0.3) is 0 Å². The second kappa shape index (κ2) is 4.73. The van der Waals surface area contributed by atoms with Gasteiger partial charge >= 0.3 is 0 Å². The van der Waals surface area contributed by atoms with Crippen molar-refractivity contribution in [3.8, 4) is 0 Å². The SMILES string of the molecule is Cc1ccc(C(=S)OC2CCCO2)cc1. The molecule has 0 bridgehead atoms. The molecule has 3 heteroatoms. The molecular formula is C12H14O2S. The number of benzene rings is 1. The summed E-state index contributed by atoms with van der Waals surface area (Å²) in [6.45, 7) is 2.83. The fourth-order valence-corrected chi connectivity index (χ4v) is 1.76. The fraction of sp³-hybridized carbons (Fsp3) is 0.417. The van der Waals surface area contributed by atoms with Crippen LogP contribution >= 0.6 is 12.2 Å². The van der Waals surface area contributed by atoms with Crippen LogP contribution in [0.3, 0.4) is 0 Å². The molecule has 1 aromatic rings. The van der Waals surface area contributed by atoms with Crippen LogP contribution in [0.2, 0.25) is 0 Å². The van der Waals surface area contributed by atoms with Crippen molar-refractivity contribution in [1.29, 1.82) is 0 Å². The van der Waals surface area contributed by atoms with Gasteiger partial charge in [-0.25, -0.2) is 0 Å². The van der Waals surface area contributed by atoms with E-state index in [2.05, 4.69) is 0 Å². The Kier molecular flexibility index (Phi) is 3.34. The van der Waals surface area contributed by atoms with Crippen LogP contribution in [0.4, 0.5) is 0 Å². The average Bonchev–Trinajstić information content (AvgIpc) is 2.71. The maximum atomic E-state index is 5.55. The van der Waals surface area contributed by atoms with E-state index in [1.807, 2.05) is 31.2 Å². The van der Waals surface area contributed by atoms with Crippen molar-refractivity contribution in [2.45, 2.75) is 26.1 Å². The Morgan fingerprint density at radius 2 is 2.13 bits per heavy atom. The second-order valence-corrected chi connectivity index (χ2v) is 4.08. The Morgan fingerprint density at radius 1 is 1.40 bits per heavy atom. The van der Waals surface area contributed by atoms with Gasteiger partial charge < -0.3 is 9.47 Å². The molecule has 80 valence electrons. The Labute approximate surface area is 95.2 Å². The summed E-state index contributed by atoms with van der Waals surface area (Å²) in [4.78, 5) is 0. The fourth-order valence-electron chi connectivity index (χ4n) is 1.52. The molecule has 1 aliphatic rings. The minimum atomic E-state index is -0.140. The van der Waals surface area contributed by atoms with Crippen molar-refractivity contribution >= 4 is 17.3 Å². The van der Waals surface area contributed by atoms with E-state index >= 15 is 0 Å². The van der Waals surface area contributed by atoms with Gasteiger partial charge in [0.15, 0.2) is 5.05 Å². The first-order valence-corrected chi connectivity index (χ1v) is 5.56. The smallest absolute Gasteiger partial charge is 0.200 e. The molecule has 1 aliphatic heterocycles. The Bertz CT molecular complexity index is 339. The first-order valence-electron chi connectivity index (χ1n) is 5.15. The zero-order chi connectivity index (χ0) is 10.7. The van der Waals surface area contributed by atoms with Crippen molar-refractivity contribution in [2.75, 3.05) is 6.61 Å². The van der Waals surface area contributed by atoms with Gasteiger partial charge in [-0.05, 0) is 25.6 Å². The molecule has 0 saturated carbocycles. The number of hydrogen-bond acceptors (Lipinski definition) is 3. The summed E-state index contributed by atoms with van der Waals surface area (Å²) in [5, 5.41) is 0.530. The summed E-state index contributed by atoms with van der Waals surface area (Å²) in [6, 6.07) is 8.01. The third-order valence-corrected chi connectivity index (χ3v) is 2.75. The number of hydrogen-bond donors (Lipinski definition) is 0. The monoisotopic (exact) mass is 222 g/mol. The molecule has 0 N–H and O–H groups in total. The molecule has 2 nitrogen and oxygen atoms in total. The molecule has 0 aliphatic carbocycles. The lowest BCUT2D eigenvalue weighted by atomic mass is 10.2. The molecule has 1 aromatic carbocycles. The van der Waals surface area contributed by atoms with Crippen molar-refractivity contribution in [3.05, 3.63) is 35.4 Å². The molecule has 0 radical (unpaired) electrons. The number of rotatable bonds is 2. The number of thiocarbonyl (C=S) groups is 1. The van der Waals surface area contributed by atoms with E-state index in [4.69, 9.17) is 21.7 Å². The van der Waals surface area contributed by atoms with E-state index in [0.29, 0.717) is 5.05 Å². The van der Waals surface area contributed by atoms with Crippen LogP contribution in [0, 0.1) is 6.92 Å². The van der Waals surface area contributed by atoms with Gasteiger partial charge in [0.1, 0.15) is 0 Å². The van der Waals surface area contributed by atoms with E-state index in [0.717, 1.165) is 25.0 Å². The van der Waals surface area contributed by atoms with Crippen LogP contribution in [0.1, 0.15) is 24.0 Å². The molecule has 0 amide bonds. The molecule has 0 spiro atoms. The quantitative estimate of drug-likeness (QED) is 0.717. The Hall–Kier alpha value is -0.930. The number of aryl methyl sites for hydroxylation is 1. The van der Waals surface area contributed by atoms with Gasteiger partial charge in [0.2, 0.25) is 6.29 Å². The first kappa shape index (κ1) is 10.6. The van der Waals surface area contributed by atoms with Gasteiger partial charge in [0, 0.05) is 12.0 Å². The van der Waals surface area contributed by atoms with Crippen LogP contribution in [-0.4, -0.2) is 17.9 Å². The van der Waals surface area contributed by atoms with Gasteiger partial charge in [-0.2, -0.15) is 0 Å². The lowest BCUT2D eigenvalue weighted by molar-refractivity contribution is -0.0453. The number of ether oxygens (including phenoxy) is 2. The molecular weight excluding hydrogens is 208 g/mol. The van der Waals surface area contributed by atoms with Crippen LogP contribution in [0.5, 0.6) is 0 Å². The zero-order valence-electron chi connectivity index (χ0n) is 8.73. The predicted octanol–water partition coefficient (Wildman–Crippen LogP) is 2.82. The third-order valence-electron chi connectivity index (χ3n) is 2.41. The summed E-state index contributed by atoms with van der Waals surface area (Å²) in [5.41, 5.74) is 2.17. The van der Waals surface area contributed by atoms with Crippen LogP contribution in [0.25, 0.3) is 0 Å². The van der Waals surface area contributed by atoms with Crippen LogP contribution in [0.15, 0.2) is 24.3 Å². The summed E-state index contributed by atoms with van der Waals surface area (Å²) < 4.78 is 10.9. The van der Waals surface area contributed by atoms with Gasteiger partial charge in [-0.1, -0.05) is 29.8 Å². The van der Waals surface area contributed by atoms with Gasteiger partial charge in [0.05, 0.1) is 6.61 Å². The summed E-state index contributed by atoms with van der Waals surface area (Å²) in [6.07, 6.45) is 1.85. The lowest BCUT2D eigenvalue weighted by Gasteiger charge is -2.13. The molecule has 1 fully saturated rings. The molecule has 2 rings (SSSR count). The molecule has 15 heavy (non-hydrogen) atoms. The second-order valence-electron chi connectivity index (χ2n) is 3.71. The Balaban J connectivity index is 1.98. The highest BCUT2D eigenvalue weighted by Gasteiger charge is 2.18. The van der Waals surface area contributed by atoms with Crippen LogP contribution in [-0.2, 0) is 9.47 Å². The predicted molar refractivity (Wildman–Crippen MR) is 62.9 cm³/mol. The average molecular weight is 222 g/mol. The largest absolute Gasteiger partial charge is 0.454 e. The molecule has 1 unspecified atom stereocenters. The minimum Gasteiger partial charge on any atom is -0.454 e. The first-order chi connectivity index (χ1) is 7.25. The van der Waals surface area contributed by atoms with E-state index in [9.17, 15) is 0 Å². The van der Waals surface area contributed by atoms with Gasteiger partial charge in [-0.3, -0.25) is 0 Å². The van der Waals surface area contributed by atoms with Gasteiger partial charge in [-0.15, -0.1) is 0 Å².